The Hall–Kier alpha value is -2.89. The smallest absolute Gasteiger partial charge is 0.258 e. The van der Waals surface area contributed by atoms with Crippen LogP contribution in [-0.4, -0.2) is 11.8 Å². The summed E-state index contributed by atoms with van der Waals surface area (Å²) in [6.45, 7) is 1.40. The van der Waals surface area contributed by atoms with Crippen LogP contribution < -0.4 is 16.4 Å². The Balaban J connectivity index is 2.10. The molecular weight excluding hydrogens is 273 g/mol. The second-order valence-corrected chi connectivity index (χ2v) is 4.45. The summed E-state index contributed by atoms with van der Waals surface area (Å²) >= 11 is 0. The maximum Gasteiger partial charge on any atom is 0.258 e. The molecule has 108 valence electrons. The largest absolute Gasteiger partial charge is 0.399 e. The van der Waals surface area contributed by atoms with Crippen molar-refractivity contribution in [2.45, 2.75) is 6.92 Å². The second-order valence-electron chi connectivity index (χ2n) is 4.45. The first-order chi connectivity index (χ1) is 9.95. The molecule has 0 aliphatic carbocycles. The molecule has 0 aromatic heterocycles. The highest BCUT2D eigenvalue weighted by Gasteiger charge is 2.12. The predicted molar refractivity (Wildman–Crippen MR) is 79.5 cm³/mol. The van der Waals surface area contributed by atoms with Crippen LogP contribution in [0.25, 0.3) is 0 Å². The standard InChI is InChI=1S/C15H14FN3O2/c1-9(20)18-11-3-5-12(6-4-11)19-15(21)13-7-2-10(17)8-14(13)16/h2-8H,17H2,1H3,(H,18,20)(H,19,21). The number of nitrogens with two attached hydrogens (primary N) is 1. The van der Waals surface area contributed by atoms with Crippen molar-refractivity contribution < 1.29 is 14.0 Å². The van der Waals surface area contributed by atoms with Gasteiger partial charge in [0.15, 0.2) is 0 Å². The molecule has 0 heterocycles. The quantitative estimate of drug-likeness (QED) is 0.759. The maximum atomic E-state index is 13.6. The van der Waals surface area contributed by atoms with E-state index in [0.29, 0.717) is 11.4 Å². The van der Waals surface area contributed by atoms with Crippen molar-refractivity contribution in [2.75, 3.05) is 16.4 Å². The number of hydrogen-bond acceptors (Lipinski definition) is 3. The number of carbonyl (C=O) groups excluding carboxylic acids is 2. The number of nitrogen functional groups attached to an aromatic ring is 1. The van der Waals surface area contributed by atoms with E-state index in [9.17, 15) is 14.0 Å². The number of halogens is 1. The van der Waals surface area contributed by atoms with Gasteiger partial charge in [0.1, 0.15) is 5.82 Å². The van der Waals surface area contributed by atoms with E-state index in [-0.39, 0.29) is 17.2 Å². The fourth-order valence-corrected chi connectivity index (χ4v) is 1.75. The van der Waals surface area contributed by atoms with Crippen LogP contribution in [0.2, 0.25) is 0 Å². The molecule has 2 rings (SSSR count). The van der Waals surface area contributed by atoms with Gasteiger partial charge >= 0.3 is 0 Å². The number of hydrogen-bond donors (Lipinski definition) is 3. The van der Waals surface area contributed by atoms with Crippen LogP contribution >= 0.6 is 0 Å². The van der Waals surface area contributed by atoms with Gasteiger partial charge < -0.3 is 16.4 Å². The lowest BCUT2D eigenvalue weighted by molar-refractivity contribution is -0.114. The monoisotopic (exact) mass is 287 g/mol. The van der Waals surface area contributed by atoms with Crippen molar-refractivity contribution in [1.82, 2.24) is 0 Å². The molecule has 0 unspecified atom stereocenters. The van der Waals surface area contributed by atoms with Crippen LogP contribution in [-0.2, 0) is 4.79 Å². The number of benzene rings is 2. The molecule has 6 heteroatoms. The lowest BCUT2D eigenvalue weighted by Crippen LogP contribution is -2.14. The molecule has 0 aliphatic heterocycles. The van der Waals surface area contributed by atoms with E-state index in [4.69, 9.17) is 5.73 Å². The summed E-state index contributed by atoms with van der Waals surface area (Å²) in [5.41, 5.74) is 6.70. The molecular formula is C15H14FN3O2. The third-order valence-corrected chi connectivity index (χ3v) is 2.70. The summed E-state index contributed by atoms with van der Waals surface area (Å²) in [5.74, 6) is -1.43. The first-order valence-electron chi connectivity index (χ1n) is 6.20. The first kappa shape index (κ1) is 14.5. The molecule has 0 fully saturated rings. The van der Waals surface area contributed by atoms with E-state index in [1.54, 1.807) is 24.3 Å². The molecule has 0 aliphatic rings. The van der Waals surface area contributed by atoms with Crippen LogP contribution in [0.3, 0.4) is 0 Å². The van der Waals surface area contributed by atoms with Gasteiger partial charge in [-0.25, -0.2) is 4.39 Å². The minimum atomic E-state index is -0.678. The number of rotatable bonds is 3. The van der Waals surface area contributed by atoms with E-state index in [1.807, 2.05) is 0 Å². The van der Waals surface area contributed by atoms with Gasteiger partial charge in [-0.2, -0.15) is 0 Å². The highest BCUT2D eigenvalue weighted by Crippen LogP contribution is 2.17. The number of nitrogens with one attached hydrogen (secondary N) is 2. The molecule has 21 heavy (non-hydrogen) atoms. The van der Waals surface area contributed by atoms with Crippen molar-refractivity contribution in [3.05, 3.63) is 53.8 Å². The average molecular weight is 287 g/mol. The molecule has 2 aromatic rings. The summed E-state index contributed by atoms with van der Waals surface area (Å²) in [7, 11) is 0. The Labute approximate surface area is 121 Å². The molecule has 0 saturated heterocycles. The van der Waals surface area contributed by atoms with E-state index in [0.717, 1.165) is 6.07 Å². The Morgan fingerprint density at radius 3 is 2.10 bits per heavy atom. The van der Waals surface area contributed by atoms with Gasteiger partial charge in [0.25, 0.3) is 5.91 Å². The first-order valence-corrected chi connectivity index (χ1v) is 6.20. The van der Waals surface area contributed by atoms with Crippen LogP contribution in [0.15, 0.2) is 42.5 Å². The summed E-state index contributed by atoms with van der Waals surface area (Å²) in [6.07, 6.45) is 0. The molecule has 0 bridgehead atoms. The zero-order valence-electron chi connectivity index (χ0n) is 11.3. The van der Waals surface area contributed by atoms with Gasteiger partial charge in [-0.3, -0.25) is 9.59 Å². The van der Waals surface area contributed by atoms with Crippen molar-refractivity contribution in [1.29, 1.82) is 0 Å². The zero-order valence-corrected chi connectivity index (χ0v) is 11.3. The lowest BCUT2D eigenvalue weighted by atomic mass is 10.1. The molecule has 0 radical (unpaired) electrons. The summed E-state index contributed by atoms with van der Waals surface area (Å²) in [6, 6.07) is 10.4. The van der Waals surface area contributed by atoms with Crippen LogP contribution in [0.1, 0.15) is 17.3 Å². The molecule has 0 saturated carbocycles. The van der Waals surface area contributed by atoms with E-state index >= 15 is 0 Å². The number of anilines is 3. The molecule has 5 nitrogen and oxygen atoms in total. The highest BCUT2D eigenvalue weighted by atomic mass is 19.1. The fourth-order valence-electron chi connectivity index (χ4n) is 1.75. The maximum absolute atomic E-state index is 13.6. The zero-order chi connectivity index (χ0) is 15.4. The predicted octanol–water partition coefficient (Wildman–Crippen LogP) is 2.62. The van der Waals surface area contributed by atoms with Crippen LogP contribution in [0.5, 0.6) is 0 Å². The summed E-state index contributed by atoms with van der Waals surface area (Å²) in [5, 5.41) is 5.17. The molecule has 2 amide bonds. The molecule has 0 spiro atoms. The van der Waals surface area contributed by atoms with Gasteiger partial charge in [-0.15, -0.1) is 0 Å². The fraction of sp³-hybridized carbons (Fsp3) is 0.0667. The second kappa shape index (κ2) is 6.04. The average Bonchev–Trinajstić information content (AvgIpc) is 2.40. The van der Waals surface area contributed by atoms with Crippen LogP contribution in [0, 0.1) is 5.82 Å². The summed E-state index contributed by atoms with van der Waals surface area (Å²) < 4.78 is 13.6. The van der Waals surface area contributed by atoms with E-state index in [2.05, 4.69) is 10.6 Å². The van der Waals surface area contributed by atoms with E-state index < -0.39 is 11.7 Å². The van der Waals surface area contributed by atoms with Crippen molar-refractivity contribution in [3.63, 3.8) is 0 Å². The normalized spacial score (nSPS) is 10.0. The number of amides is 2. The highest BCUT2D eigenvalue weighted by molar-refractivity contribution is 6.04. The van der Waals surface area contributed by atoms with E-state index in [1.165, 1.54) is 19.1 Å². The van der Waals surface area contributed by atoms with Crippen LogP contribution in [0.4, 0.5) is 21.5 Å². The Bertz CT molecular complexity index is 684. The van der Waals surface area contributed by atoms with Gasteiger partial charge in [0, 0.05) is 24.0 Å². The van der Waals surface area contributed by atoms with Gasteiger partial charge in [-0.1, -0.05) is 0 Å². The third-order valence-electron chi connectivity index (χ3n) is 2.70. The third kappa shape index (κ3) is 3.79. The molecule has 4 N–H and O–H groups in total. The Kier molecular flexibility index (Phi) is 4.18. The van der Waals surface area contributed by atoms with Gasteiger partial charge in [0.2, 0.25) is 5.91 Å². The molecule has 0 atom stereocenters. The van der Waals surface area contributed by atoms with Crippen molar-refractivity contribution >= 4 is 28.9 Å². The Morgan fingerprint density at radius 1 is 1.00 bits per heavy atom. The topological polar surface area (TPSA) is 84.2 Å². The Morgan fingerprint density at radius 2 is 1.57 bits per heavy atom. The number of carbonyl (C=O) groups is 2. The lowest BCUT2D eigenvalue weighted by Gasteiger charge is -2.08. The minimum absolute atomic E-state index is 0.0878. The van der Waals surface area contributed by atoms with Gasteiger partial charge in [-0.05, 0) is 42.5 Å². The molecule has 2 aromatic carbocycles. The summed E-state index contributed by atoms with van der Waals surface area (Å²) in [4.78, 5) is 22.8. The van der Waals surface area contributed by atoms with Gasteiger partial charge in [0.05, 0.1) is 5.56 Å². The van der Waals surface area contributed by atoms with Crippen molar-refractivity contribution in [2.24, 2.45) is 0 Å². The minimum Gasteiger partial charge on any atom is -0.399 e. The SMILES string of the molecule is CC(=O)Nc1ccc(NC(=O)c2ccc(N)cc2F)cc1. The van der Waals surface area contributed by atoms with Crippen molar-refractivity contribution in [3.8, 4) is 0 Å².